The minimum absolute atomic E-state index is 0.106. The smallest absolute Gasteiger partial charge is 0.240 e. The van der Waals surface area contributed by atoms with E-state index < -0.39 is 6.04 Å². The molecule has 0 aromatic heterocycles. The molecule has 0 spiro atoms. The fraction of sp³-hybridized carbons (Fsp3) is 0.923. The van der Waals surface area contributed by atoms with E-state index in [4.69, 9.17) is 5.73 Å². The van der Waals surface area contributed by atoms with Crippen molar-refractivity contribution in [1.29, 1.82) is 0 Å². The van der Waals surface area contributed by atoms with Gasteiger partial charge in [-0.3, -0.25) is 4.79 Å². The Labute approximate surface area is 99.4 Å². The van der Waals surface area contributed by atoms with Gasteiger partial charge in [-0.2, -0.15) is 0 Å². The Morgan fingerprint density at radius 1 is 1.38 bits per heavy atom. The molecule has 1 atom stereocenters. The molecule has 0 radical (unpaired) electrons. The van der Waals surface area contributed by atoms with Crippen molar-refractivity contribution in [1.82, 2.24) is 4.90 Å². The van der Waals surface area contributed by atoms with Crippen molar-refractivity contribution in [3.63, 3.8) is 0 Å². The van der Waals surface area contributed by atoms with Crippen molar-refractivity contribution in [2.75, 3.05) is 6.54 Å². The van der Waals surface area contributed by atoms with E-state index in [0.717, 1.165) is 12.5 Å². The fourth-order valence-electron chi connectivity index (χ4n) is 1.68. The summed E-state index contributed by atoms with van der Waals surface area (Å²) in [4.78, 5) is 14.2. The van der Waals surface area contributed by atoms with Gasteiger partial charge >= 0.3 is 0 Å². The van der Waals surface area contributed by atoms with Gasteiger partial charge in [0.2, 0.25) is 5.91 Å². The summed E-state index contributed by atoms with van der Waals surface area (Å²) in [6.45, 7) is 11.1. The van der Waals surface area contributed by atoms with Crippen LogP contribution in [0.15, 0.2) is 0 Å². The number of nitrogens with two attached hydrogens (primary N) is 1. The molecule has 1 saturated carbocycles. The summed E-state index contributed by atoms with van der Waals surface area (Å²) in [5.41, 5.74) is 5.88. The van der Waals surface area contributed by atoms with Crippen molar-refractivity contribution in [3.05, 3.63) is 0 Å². The monoisotopic (exact) mass is 226 g/mol. The number of rotatable bonds is 4. The predicted molar refractivity (Wildman–Crippen MR) is 67.0 cm³/mol. The maximum absolute atomic E-state index is 12.3. The van der Waals surface area contributed by atoms with Gasteiger partial charge in [-0.25, -0.2) is 0 Å². The molecule has 3 heteroatoms. The first-order valence-electron chi connectivity index (χ1n) is 6.29. The van der Waals surface area contributed by atoms with Crippen molar-refractivity contribution in [2.24, 2.45) is 17.1 Å². The lowest BCUT2D eigenvalue weighted by Gasteiger charge is -2.34. The van der Waals surface area contributed by atoms with E-state index in [1.807, 2.05) is 25.7 Å². The van der Waals surface area contributed by atoms with Crippen LogP contribution >= 0.6 is 0 Å². The third-order valence-corrected chi connectivity index (χ3v) is 3.26. The first-order valence-corrected chi connectivity index (χ1v) is 6.29. The van der Waals surface area contributed by atoms with Crippen LogP contribution in [0.1, 0.15) is 47.5 Å². The van der Waals surface area contributed by atoms with E-state index in [0.29, 0.717) is 0 Å². The van der Waals surface area contributed by atoms with Crippen LogP contribution in [0.3, 0.4) is 0 Å². The zero-order valence-electron chi connectivity index (χ0n) is 11.3. The third-order valence-electron chi connectivity index (χ3n) is 3.26. The molecule has 94 valence electrons. The molecule has 0 heterocycles. The lowest BCUT2D eigenvalue weighted by Crippen LogP contribution is -2.52. The van der Waals surface area contributed by atoms with Crippen molar-refractivity contribution >= 4 is 5.91 Å². The van der Waals surface area contributed by atoms with Crippen LogP contribution in [0.2, 0.25) is 0 Å². The lowest BCUT2D eigenvalue weighted by molar-refractivity contribution is -0.137. The molecule has 1 fully saturated rings. The van der Waals surface area contributed by atoms with Crippen molar-refractivity contribution in [2.45, 2.75) is 59.5 Å². The summed E-state index contributed by atoms with van der Waals surface area (Å²) in [6.07, 6.45) is 2.53. The van der Waals surface area contributed by atoms with Gasteiger partial charge in [0.1, 0.15) is 0 Å². The van der Waals surface area contributed by atoms with Gasteiger partial charge in [0, 0.05) is 12.6 Å². The predicted octanol–water partition coefficient (Wildman–Crippen LogP) is 2.01. The molecule has 0 bridgehead atoms. The summed E-state index contributed by atoms with van der Waals surface area (Å²) in [6, 6.07) is -0.143. The second-order valence-electron chi connectivity index (χ2n) is 6.37. The summed E-state index contributed by atoms with van der Waals surface area (Å²) in [5, 5.41) is 0. The first kappa shape index (κ1) is 13.5. The number of carbonyl (C=O) groups is 1. The molecule has 16 heavy (non-hydrogen) atoms. The van der Waals surface area contributed by atoms with Crippen LogP contribution in [0.4, 0.5) is 0 Å². The molecule has 1 aliphatic carbocycles. The van der Waals surface area contributed by atoms with E-state index in [1.54, 1.807) is 0 Å². The molecule has 2 N–H and O–H groups in total. The Bertz CT molecular complexity index is 251. The molecule has 0 aliphatic heterocycles. The van der Waals surface area contributed by atoms with Crippen LogP contribution in [0.25, 0.3) is 0 Å². The fourth-order valence-corrected chi connectivity index (χ4v) is 1.68. The van der Waals surface area contributed by atoms with Crippen molar-refractivity contribution < 1.29 is 4.79 Å². The van der Waals surface area contributed by atoms with Gasteiger partial charge < -0.3 is 10.6 Å². The van der Waals surface area contributed by atoms with Gasteiger partial charge in [0.25, 0.3) is 0 Å². The number of hydrogen-bond acceptors (Lipinski definition) is 2. The van der Waals surface area contributed by atoms with Gasteiger partial charge in [-0.1, -0.05) is 20.8 Å². The quantitative estimate of drug-likeness (QED) is 0.797. The Morgan fingerprint density at radius 2 is 1.88 bits per heavy atom. The van der Waals surface area contributed by atoms with E-state index >= 15 is 0 Å². The first-order chi connectivity index (χ1) is 7.23. The minimum atomic E-state index is -0.395. The highest BCUT2D eigenvalue weighted by molar-refractivity contribution is 5.82. The van der Waals surface area contributed by atoms with E-state index in [2.05, 4.69) is 13.8 Å². The summed E-state index contributed by atoms with van der Waals surface area (Å²) >= 11 is 0. The highest BCUT2D eigenvalue weighted by Crippen LogP contribution is 2.31. The summed E-state index contributed by atoms with van der Waals surface area (Å²) in [7, 11) is 0. The van der Waals surface area contributed by atoms with Gasteiger partial charge in [0.05, 0.1) is 6.04 Å². The van der Waals surface area contributed by atoms with Crippen LogP contribution in [-0.4, -0.2) is 29.4 Å². The third kappa shape index (κ3) is 3.48. The van der Waals surface area contributed by atoms with Gasteiger partial charge in [-0.15, -0.1) is 0 Å². The molecule has 1 amide bonds. The number of amides is 1. The van der Waals surface area contributed by atoms with Crippen LogP contribution < -0.4 is 5.73 Å². The zero-order chi connectivity index (χ0) is 12.5. The maximum atomic E-state index is 12.3. The summed E-state index contributed by atoms with van der Waals surface area (Å²) < 4.78 is 0. The molecule has 1 rings (SSSR count). The number of hydrogen-bond donors (Lipinski definition) is 1. The van der Waals surface area contributed by atoms with Crippen LogP contribution in [0.5, 0.6) is 0 Å². The van der Waals surface area contributed by atoms with Crippen LogP contribution in [0, 0.1) is 11.3 Å². The lowest BCUT2D eigenvalue weighted by atomic mass is 9.86. The van der Waals surface area contributed by atoms with Crippen LogP contribution in [-0.2, 0) is 4.79 Å². The van der Waals surface area contributed by atoms with E-state index in [1.165, 1.54) is 12.8 Å². The zero-order valence-corrected chi connectivity index (χ0v) is 11.3. The molecular formula is C13H26N2O. The molecule has 0 unspecified atom stereocenters. The number of nitrogens with zero attached hydrogens (tertiary/aromatic N) is 1. The Morgan fingerprint density at radius 3 is 2.19 bits per heavy atom. The average molecular weight is 226 g/mol. The second-order valence-corrected chi connectivity index (χ2v) is 6.37. The van der Waals surface area contributed by atoms with E-state index in [9.17, 15) is 4.79 Å². The standard InChI is InChI=1S/C13H26N2O/c1-9(2)15(8-10-6-7-10)12(16)11(14)13(3,4)5/h9-11H,6-8,14H2,1-5H3/t11-/m1/s1. The molecule has 0 aromatic carbocycles. The van der Waals surface area contributed by atoms with Gasteiger partial charge in [-0.05, 0) is 38.0 Å². The van der Waals surface area contributed by atoms with Crippen molar-refractivity contribution in [3.8, 4) is 0 Å². The Kier molecular flexibility index (Phi) is 4.00. The second kappa shape index (κ2) is 4.74. The van der Waals surface area contributed by atoms with E-state index in [-0.39, 0.29) is 17.4 Å². The molecule has 0 saturated heterocycles. The maximum Gasteiger partial charge on any atom is 0.240 e. The van der Waals surface area contributed by atoms with Gasteiger partial charge in [0.15, 0.2) is 0 Å². The average Bonchev–Trinajstić information content (AvgIpc) is 2.93. The normalized spacial score (nSPS) is 18.7. The molecule has 0 aromatic rings. The highest BCUT2D eigenvalue weighted by Gasteiger charge is 2.34. The SMILES string of the molecule is CC(C)N(CC1CC1)C(=O)[C@@H](N)C(C)(C)C. The molecule has 1 aliphatic rings. The Balaban J connectivity index is 2.65. The topological polar surface area (TPSA) is 46.3 Å². The highest BCUT2D eigenvalue weighted by atomic mass is 16.2. The number of carbonyl (C=O) groups excluding carboxylic acids is 1. The minimum Gasteiger partial charge on any atom is -0.339 e. The Hall–Kier alpha value is -0.570. The largest absolute Gasteiger partial charge is 0.339 e. The molecular weight excluding hydrogens is 200 g/mol. The summed E-state index contributed by atoms with van der Waals surface area (Å²) in [5.74, 6) is 0.827. The molecule has 3 nitrogen and oxygen atoms in total.